The van der Waals surface area contributed by atoms with E-state index in [2.05, 4.69) is 46.9 Å². The summed E-state index contributed by atoms with van der Waals surface area (Å²) in [5.74, 6) is 0.765. The first-order valence-electron chi connectivity index (χ1n) is 8.87. The van der Waals surface area contributed by atoms with Crippen LogP contribution in [0.25, 0.3) is 0 Å². The predicted molar refractivity (Wildman–Crippen MR) is 115 cm³/mol. The molecule has 6 nitrogen and oxygen atoms in total. The van der Waals surface area contributed by atoms with E-state index in [1.54, 1.807) is 7.05 Å². The third-order valence-corrected chi connectivity index (χ3v) is 4.29. The van der Waals surface area contributed by atoms with E-state index in [9.17, 15) is 4.79 Å². The lowest BCUT2D eigenvalue weighted by Gasteiger charge is -2.34. The molecule has 0 aromatic carbocycles. The van der Waals surface area contributed by atoms with Gasteiger partial charge in [-0.2, -0.15) is 0 Å². The van der Waals surface area contributed by atoms with Gasteiger partial charge in [0, 0.05) is 19.6 Å². The van der Waals surface area contributed by atoms with E-state index in [1.165, 1.54) is 0 Å². The van der Waals surface area contributed by atoms with Gasteiger partial charge < -0.3 is 20.7 Å². The van der Waals surface area contributed by atoms with Crippen LogP contribution in [0, 0.1) is 0 Å². The number of hydrogen-bond donors (Lipinski definition) is 3. The molecule has 0 atom stereocenters. The minimum absolute atomic E-state index is 0. The Morgan fingerprint density at radius 1 is 1.20 bits per heavy atom. The zero-order valence-electron chi connectivity index (χ0n) is 16.4. The van der Waals surface area contributed by atoms with E-state index >= 15 is 0 Å². The molecule has 0 radical (unpaired) electrons. The van der Waals surface area contributed by atoms with Gasteiger partial charge in [0.25, 0.3) is 0 Å². The van der Waals surface area contributed by atoms with Crippen LogP contribution >= 0.6 is 24.0 Å². The molecule has 0 fully saturated rings. The molecule has 0 aromatic rings. The van der Waals surface area contributed by atoms with Crippen LogP contribution in [0.4, 0.5) is 4.79 Å². The zero-order chi connectivity index (χ0) is 18.2. The highest BCUT2D eigenvalue weighted by atomic mass is 127. The number of rotatable bonds is 6. The fourth-order valence-electron chi connectivity index (χ4n) is 2.62. The minimum atomic E-state index is -0.502. The van der Waals surface area contributed by atoms with Gasteiger partial charge in [0.2, 0.25) is 0 Å². The third-order valence-electron chi connectivity index (χ3n) is 4.29. The van der Waals surface area contributed by atoms with Crippen LogP contribution in [0.3, 0.4) is 0 Å². The topological polar surface area (TPSA) is 74.8 Å². The van der Waals surface area contributed by atoms with E-state index in [0.717, 1.165) is 31.6 Å². The van der Waals surface area contributed by atoms with E-state index in [4.69, 9.17) is 4.74 Å². The molecule has 146 valence electrons. The molecule has 0 aromatic heterocycles. The lowest BCUT2D eigenvalue weighted by molar-refractivity contribution is 0.0448. The second kappa shape index (κ2) is 10.9. The fraction of sp³-hybridized carbons (Fsp3) is 0.778. The molecule has 0 saturated carbocycles. The molecular weight excluding hydrogens is 431 g/mol. The highest BCUT2D eigenvalue weighted by Gasteiger charge is 2.30. The third kappa shape index (κ3) is 8.78. The van der Waals surface area contributed by atoms with Gasteiger partial charge >= 0.3 is 6.09 Å². The molecule has 0 unspecified atom stereocenters. The number of hydrogen-bond acceptors (Lipinski definition) is 3. The molecule has 0 bridgehead atoms. The second-order valence-corrected chi connectivity index (χ2v) is 7.32. The monoisotopic (exact) mass is 466 g/mol. The normalized spacial score (nSPS) is 15.5. The average Bonchev–Trinajstić information content (AvgIpc) is 3.01. The van der Waals surface area contributed by atoms with Gasteiger partial charge in [-0.05, 0) is 46.5 Å². The molecule has 25 heavy (non-hydrogen) atoms. The first-order chi connectivity index (χ1) is 11.2. The fourth-order valence-corrected chi connectivity index (χ4v) is 2.62. The summed E-state index contributed by atoms with van der Waals surface area (Å²) in [7, 11) is 1.76. The van der Waals surface area contributed by atoms with Gasteiger partial charge in [-0.3, -0.25) is 4.99 Å². The van der Waals surface area contributed by atoms with Gasteiger partial charge in [-0.25, -0.2) is 4.79 Å². The lowest BCUT2D eigenvalue weighted by atomic mass is 9.93. The van der Waals surface area contributed by atoms with Crippen LogP contribution in [-0.4, -0.2) is 42.8 Å². The number of amides is 1. The van der Waals surface area contributed by atoms with Crippen LogP contribution in [-0.2, 0) is 4.74 Å². The minimum Gasteiger partial charge on any atom is -0.444 e. The number of aliphatic imine (C=N–C) groups is 1. The Morgan fingerprint density at radius 2 is 1.76 bits per heavy atom. The summed E-state index contributed by atoms with van der Waals surface area (Å²) in [6.07, 6.45) is 7.62. The van der Waals surface area contributed by atoms with Crippen LogP contribution in [0.2, 0.25) is 0 Å². The van der Waals surface area contributed by atoms with E-state index in [0.29, 0.717) is 12.6 Å². The van der Waals surface area contributed by atoms with E-state index in [1.807, 2.05) is 20.8 Å². The molecule has 0 saturated heterocycles. The molecule has 1 aliphatic carbocycles. The lowest BCUT2D eigenvalue weighted by Crippen LogP contribution is -2.57. The highest BCUT2D eigenvalue weighted by Crippen LogP contribution is 2.16. The summed E-state index contributed by atoms with van der Waals surface area (Å²) in [4.78, 5) is 16.5. The quantitative estimate of drug-likeness (QED) is 0.242. The summed E-state index contributed by atoms with van der Waals surface area (Å²) in [6.45, 7) is 10.3. The number of carbonyl (C=O) groups excluding carboxylic acids is 1. The molecule has 7 heteroatoms. The van der Waals surface area contributed by atoms with Gasteiger partial charge in [0.05, 0.1) is 5.54 Å². The molecule has 3 N–H and O–H groups in total. The Balaban J connectivity index is 0.00000576. The maximum absolute atomic E-state index is 12.2. The Bertz CT molecular complexity index is 460. The average molecular weight is 466 g/mol. The van der Waals surface area contributed by atoms with E-state index < -0.39 is 5.60 Å². The van der Waals surface area contributed by atoms with Crippen molar-refractivity contribution in [3.05, 3.63) is 12.2 Å². The summed E-state index contributed by atoms with van der Waals surface area (Å²) in [5, 5.41) is 9.80. The number of nitrogens with one attached hydrogen (secondary N) is 3. The molecule has 1 amide bonds. The molecule has 0 aliphatic heterocycles. The Labute approximate surface area is 169 Å². The summed E-state index contributed by atoms with van der Waals surface area (Å²) in [6, 6.07) is 0.396. The number of alkyl carbamates (subject to hydrolysis) is 1. The summed E-state index contributed by atoms with van der Waals surface area (Å²) >= 11 is 0. The summed E-state index contributed by atoms with van der Waals surface area (Å²) < 4.78 is 5.41. The van der Waals surface area contributed by atoms with E-state index in [-0.39, 0.29) is 35.6 Å². The number of guanidine groups is 1. The smallest absolute Gasteiger partial charge is 0.408 e. The van der Waals surface area contributed by atoms with Gasteiger partial charge in [-0.1, -0.05) is 26.0 Å². The first kappa shape index (κ1) is 24.0. The second-order valence-electron chi connectivity index (χ2n) is 7.32. The molecule has 0 spiro atoms. The summed E-state index contributed by atoms with van der Waals surface area (Å²) in [5.41, 5.74) is -0.869. The number of carbonyl (C=O) groups is 1. The van der Waals surface area contributed by atoms with Crippen molar-refractivity contribution in [2.45, 2.75) is 77.5 Å². The van der Waals surface area contributed by atoms with Crippen molar-refractivity contribution >= 4 is 36.0 Å². The van der Waals surface area contributed by atoms with Gasteiger partial charge in [-0.15, -0.1) is 24.0 Å². The Hall–Kier alpha value is -0.990. The highest BCUT2D eigenvalue weighted by molar-refractivity contribution is 14.0. The number of ether oxygens (including phenoxy) is 1. The molecule has 1 aliphatic rings. The standard InChI is InChI=1S/C18H34N4O2.HI/c1-7-18(8-2,22-16(23)24-17(3,4)5)13-20-15(19-6)21-14-11-9-10-12-14;/h9-10,14H,7-8,11-13H2,1-6H3,(H,22,23)(H2,19,20,21);1H. The molecular formula is C18H35IN4O2. The van der Waals surface area contributed by atoms with Crippen molar-refractivity contribution in [1.82, 2.24) is 16.0 Å². The first-order valence-corrected chi connectivity index (χ1v) is 8.87. The Morgan fingerprint density at radius 3 is 2.20 bits per heavy atom. The maximum Gasteiger partial charge on any atom is 0.408 e. The number of nitrogens with zero attached hydrogens (tertiary/aromatic N) is 1. The largest absolute Gasteiger partial charge is 0.444 e. The maximum atomic E-state index is 12.2. The molecule has 1 rings (SSSR count). The van der Waals surface area contributed by atoms with Gasteiger partial charge in [0.1, 0.15) is 5.60 Å². The van der Waals surface area contributed by atoms with Crippen molar-refractivity contribution in [2.24, 2.45) is 4.99 Å². The van der Waals surface area contributed by atoms with Crippen molar-refractivity contribution in [3.63, 3.8) is 0 Å². The Kier molecular flexibility index (Phi) is 10.4. The zero-order valence-corrected chi connectivity index (χ0v) is 18.8. The van der Waals surface area contributed by atoms with Crippen molar-refractivity contribution in [2.75, 3.05) is 13.6 Å². The van der Waals surface area contributed by atoms with Crippen molar-refractivity contribution in [3.8, 4) is 0 Å². The van der Waals surface area contributed by atoms with Gasteiger partial charge in [0.15, 0.2) is 5.96 Å². The van der Waals surface area contributed by atoms with Crippen LogP contribution < -0.4 is 16.0 Å². The number of halogens is 1. The van der Waals surface area contributed by atoms with Crippen molar-refractivity contribution in [1.29, 1.82) is 0 Å². The van der Waals surface area contributed by atoms with Crippen LogP contribution in [0.5, 0.6) is 0 Å². The SMILES string of the molecule is CCC(CC)(CNC(=NC)NC1CC=CC1)NC(=O)OC(C)(C)C.I. The van der Waals surface area contributed by atoms with Crippen LogP contribution in [0.1, 0.15) is 60.3 Å². The molecule has 0 heterocycles. The predicted octanol–water partition coefficient (Wildman–Crippen LogP) is 3.57. The van der Waals surface area contributed by atoms with Crippen molar-refractivity contribution < 1.29 is 9.53 Å². The van der Waals surface area contributed by atoms with Crippen LogP contribution in [0.15, 0.2) is 17.1 Å².